The summed E-state index contributed by atoms with van der Waals surface area (Å²) in [6.45, 7) is 4.27. The molecular weight excluding hydrogens is 410 g/mol. The number of carbonyl (C=O) groups excluding carboxylic acids is 1. The number of anilines is 2. The normalized spacial score (nSPS) is 15.2. The second kappa shape index (κ2) is 12.1. The quantitative estimate of drug-likeness (QED) is 0.214. The van der Waals surface area contributed by atoms with Crippen molar-refractivity contribution in [3.8, 4) is 0 Å². The Balaban J connectivity index is 1.81. The van der Waals surface area contributed by atoms with Crippen LogP contribution in [-0.2, 0) is 16.0 Å². The van der Waals surface area contributed by atoms with Crippen LogP contribution < -0.4 is 10.6 Å². The molecule has 0 radical (unpaired) electrons. The van der Waals surface area contributed by atoms with Crippen molar-refractivity contribution in [3.63, 3.8) is 0 Å². The van der Waals surface area contributed by atoms with Crippen LogP contribution in [0, 0.1) is 16.0 Å². The number of unbranched alkanes of at least 4 members (excludes halogenated alkanes) is 2. The molecule has 1 aromatic heterocycles. The highest BCUT2D eigenvalue weighted by molar-refractivity contribution is 5.67. The lowest BCUT2D eigenvalue weighted by Gasteiger charge is -2.25. The summed E-state index contributed by atoms with van der Waals surface area (Å²) < 4.78 is 5.27. The van der Waals surface area contributed by atoms with E-state index in [1.165, 1.54) is 24.7 Å². The fraction of sp³-hybridized carbons (Fsp3) is 0.522. The van der Waals surface area contributed by atoms with Crippen molar-refractivity contribution in [2.24, 2.45) is 5.92 Å². The Hall–Kier alpha value is -3.07. The molecule has 1 aliphatic heterocycles. The molecule has 1 aliphatic rings. The molecule has 9 nitrogen and oxygen atoms in total. The average Bonchev–Trinajstić information content (AvgIpc) is 2.80. The van der Waals surface area contributed by atoms with Crippen molar-refractivity contribution in [1.29, 1.82) is 0 Å². The van der Waals surface area contributed by atoms with E-state index in [-0.39, 0.29) is 17.2 Å². The van der Waals surface area contributed by atoms with Crippen LogP contribution in [0.25, 0.3) is 0 Å². The highest BCUT2D eigenvalue weighted by Gasteiger charge is 2.32. The Labute approximate surface area is 188 Å². The van der Waals surface area contributed by atoms with E-state index in [9.17, 15) is 14.9 Å². The van der Waals surface area contributed by atoms with Gasteiger partial charge in [0.25, 0.3) is 6.47 Å². The predicted molar refractivity (Wildman–Crippen MR) is 122 cm³/mol. The van der Waals surface area contributed by atoms with E-state index in [4.69, 9.17) is 4.74 Å². The summed E-state index contributed by atoms with van der Waals surface area (Å²) in [4.78, 5) is 30.9. The number of nitrogens with zero attached hydrogens (tertiary/aromatic N) is 3. The lowest BCUT2D eigenvalue weighted by molar-refractivity contribution is -0.385. The zero-order valence-corrected chi connectivity index (χ0v) is 18.5. The lowest BCUT2D eigenvalue weighted by Crippen LogP contribution is -2.29. The van der Waals surface area contributed by atoms with Crippen LogP contribution in [0.4, 0.5) is 17.2 Å². The number of nitro groups is 1. The summed E-state index contributed by atoms with van der Waals surface area (Å²) in [5.74, 6) is 0.385. The van der Waals surface area contributed by atoms with Crippen LogP contribution in [0.1, 0.15) is 62.8 Å². The maximum atomic E-state index is 12.0. The Bertz CT molecular complexity index is 884. The van der Waals surface area contributed by atoms with Gasteiger partial charge in [0.05, 0.1) is 4.92 Å². The average molecular weight is 442 g/mol. The van der Waals surface area contributed by atoms with E-state index in [1.807, 2.05) is 24.3 Å². The van der Waals surface area contributed by atoms with Crippen LogP contribution in [-0.4, -0.2) is 34.5 Å². The van der Waals surface area contributed by atoms with Gasteiger partial charge in [0.1, 0.15) is 6.33 Å². The maximum Gasteiger partial charge on any atom is 0.336 e. The van der Waals surface area contributed by atoms with Gasteiger partial charge in [0.15, 0.2) is 11.8 Å². The van der Waals surface area contributed by atoms with Gasteiger partial charge in [-0.25, -0.2) is 9.97 Å². The molecule has 1 fully saturated rings. The number of ether oxygens (including phenoxy) is 1. The van der Waals surface area contributed by atoms with Crippen LogP contribution in [0.5, 0.6) is 0 Å². The zero-order chi connectivity index (χ0) is 22.8. The molecule has 32 heavy (non-hydrogen) atoms. The van der Waals surface area contributed by atoms with Gasteiger partial charge in [-0.05, 0) is 68.8 Å². The topological polar surface area (TPSA) is 119 Å². The van der Waals surface area contributed by atoms with Gasteiger partial charge in [0, 0.05) is 5.69 Å². The minimum Gasteiger partial charge on any atom is -0.458 e. The lowest BCUT2D eigenvalue weighted by atomic mass is 9.90. The molecule has 1 saturated heterocycles. The third-order valence-corrected chi connectivity index (χ3v) is 5.85. The van der Waals surface area contributed by atoms with E-state index < -0.39 is 11.0 Å². The van der Waals surface area contributed by atoms with Crippen LogP contribution in [0.2, 0.25) is 0 Å². The number of benzene rings is 1. The Morgan fingerprint density at radius 1 is 1.25 bits per heavy atom. The van der Waals surface area contributed by atoms with Gasteiger partial charge in [-0.2, -0.15) is 0 Å². The summed E-state index contributed by atoms with van der Waals surface area (Å²) in [5.41, 5.74) is 1.78. The smallest absolute Gasteiger partial charge is 0.336 e. The second-order valence-electron chi connectivity index (χ2n) is 8.14. The number of carbonyl (C=O) groups is 1. The predicted octanol–water partition coefficient (Wildman–Crippen LogP) is 4.46. The van der Waals surface area contributed by atoms with Crippen molar-refractivity contribution in [2.45, 2.75) is 58.0 Å². The molecule has 0 saturated carbocycles. The SMILES string of the molecule is CCCCCc1ccc(Nc2ncnc(C(CC3CCNCC3)OC=O)c2[N+](=O)[O-])cc1. The minimum atomic E-state index is -0.791. The summed E-state index contributed by atoms with van der Waals surface area (Å²) in [6, 6.07) is 7.81. The molecule has 1 unspecified atom stereocenters. The van der Waals surface area contributed by atoms with Gasteiger partial charge < -0.3 is 15.4 Å². The molecule has 1 aromatic carbocycles. The van der Waals surface area contributed by atoms with Crippen molar-refractivity contribution in [1.82, 2.24) is 15.3 Å². The number of hydrogen-bond donors (Lipinski definition) is 2. The Kier molecular flexibility index (Phi) is 8.91. The van der Waals surface area contributed by atoms with Crippen LogP contribution >= 0.6 is 0 Å². The maximum absolute atomic E-state index is 12.0. The van der Waals surface area contributed by atoms with Crippen molar-refractivity contribution < 1.29 is 14.5 Å². The standard InChI is InChI=1S/C23H31N5O4/c1-2-3-4-5-17-6-8-19(9-7-17)27-23-22(28(30)31)21(25-15-26-23)20(32-16-29)14-18-10-12-24-13-11-18/h6-9,15-16,18,20,24H,2-5,10-14H2,1H3,(H,25,26,27). The minimum absolute atomic E-state index is 0.0866. The van der Waals surface area contributed by atoms with Gasteiger partial charge in [-0.15, -0.1) is 0 Å². The summed E-state index contributed by atoms with van der Waals surface area (Å²) in [7, 11) is 0. The van der Waals surface area contributed by atoms with Crippen LogP contribution in [0.3, 0.4) is 0 Å². The van der Waals surface area contributed by atoms with Gasteiger partial charge in [0.2, 0.25) is 5.82 Å². The first-order valence-electron chi connectivity index (χ1n) is 11.3. The highest BCUT2D eigenvalue weighted by atomic mass is 16.6. The van der Waals surface area contributed by atoms with Crippen molar-refractivity contribution in [2.75, 3.05) is 18.4 Å². The number of piperidine rings is 1. The van der Waals surface area contributed by atoms with E-state index in [2.05, 4.69) is 27.5 Å². The summed E-state index contributed by atoms with van der Waals surface area (Å²) in [5, 5.41) is 18.3. The largest absolute Gasteiger partial charge is 0.458 e. The molecule has 0 spiro atoms. The van der Waals surface area contributed by atoms with Gasteiger partial charge in [-0.1, -0.05) is 31.9 Å². The number of aryl methyl sites for hydroxylation is 1. The number of nitrogens with one attached hydrogen (secondary N) is 2. The summed E-state index contributed by atoms with van der Waals surface area (Å²) in [6.07, 6.45) is 7.33. The van der Waals surface area contributed by atoms with E-state index in [0.29, 0.717) is 24.5 Å². The van der Waals surface area contributed by atoms with Crippen LogP contribution in [0.15, 0.2) is 30.6 Å². The molecule has 3 rings (SSSR count). The molecular formula is C23H31N5O4. The first-order valence-corrected chi connectivity index (χ1v) is 11.3. The molecule has 0 bridgehead atoms. The van der Waals surface area contributed by atoms with Gasteiger partial charge in [-0.3, -0.25) is 14.9 Å². The second-order valence-corrected chi connectivity index (χ2v) is 8.14. The van der Waals surface area contributed by atoms with Crippen molar-refractivity contribution >= 4 is 23.7 Å². The monoisotopic (exact) mass is 441 g/mol. The van der Waals surface area contributed by atoms with Gasteiger partial charge >= 0.3 is 5.69 Å². The molecule has 9 heteroatoms. The molecule has 172 valence electrons. The molecule has 0 aliphatic carbocycles. The molecule has 0 amide bonds. The third-order valence-electron chi connectivity index (χ3n) is 5.85. The fourth-order valence-corrected chi connectivity index (χ4v) is 4.09. The van der Waals surface area contributed by atoms with Crippen molar-refractivity contribution in [3.05, 3.63) is 52.0 Å². The zero-order valence-electron chi connectivity index (χ0n) is 18.5. The molecule has 2 heterocycles. The molecule has 1 atom stereocenters. The first-order chi connectivity index (χ1) is 15.6. The number of hydrogen-bond acceptors (Lipinski definition) is 8. The molecule has 2 N–H and O–H groups in total. The fourth-order valence-electron chi connectivity index (χ4n) is 4.09. The number of aromatic nitrogens is 2. The third kappa shape index (κ3) is 6.46. The van der Waals surface area contributed by atoms with E-state index >= 15 is 0 Å². The Morgan fingerprint density at radius 2 is 2.00 bits per heavy atom. The first kappa shape index (κ1) is 23.6. The Morgan fingerprint density at radius 3 is 2.66 bits per heavy atom. The highest BCUT2D eigenvalue weighted by Crippen LogP contribution is 2.36. The van der Waals surface area contributed by atoms with E-state index in [0.717, 1.165) is 38.8 Å². The summed E-state index contributed by atoms with van der Waals surface area (Å²) >= 11 is 0. The van der Waals surface area contributed by atoms with E-state index in [1.54, 1.807) is 0 Å². The molecule has 2 aromatic rings. The number of rotatable bonds is 12.